The molecule has 0 radical (unpaired) electrons. The van der Waals surface area contributed by atoms with Crippen molar-refractivity contribution in [2.24, 2.45) is 24.2 Å². The van der Waals surface area contributed by atoms with Crippen LogP contribution in [0.15, 0.2) is 138 Å². The van der Waals surface area contributed by atoms with Crippen molar-refractivity contribution in [1.29, 1.82) is 0 Å². The van der Waals surface area contributed by atoms with Crippen LogP contribution in [0.25, 0.3) is 28.0 Å². The summed E-state index contributed by atoms with van der Waals surface area (Å²) in [4.78, 5) is 56.1. The second-order valence-electron chi connectivity index (χ2n) is 15.1. The van der Waals surface area contributed by atoms with Crippen LogP contribution >= 0.6 is 0 Å². The lowest BCUT2D eigenvalue weighted by Crippen LogP contribution is -2.42. The lowest BCUT2D eigenvalue weighted by atomic mass is 9.98. The van der Waals surface area contributed by atoms with E-state index in [0.717, 1.165) is 32.3 Å². The molecule has 0 aliphatic heterocycles. The third-order valence-electron chi connectivity index (χ3n) is 10.3. The van der Waals surface area contributed by atoms with Gasteiger partial charge >= 0.3 is 17.6 Å². The molecule has 6 N–H and O–H groups in total. The number of ether oxygens (including phenoxy) is 2. The Kier molecular flexibility index (Phi) is 12.3. The van der Waals surface area contributed by atoms with Crippen LogP contribution in [0.4, 0.5) is 0 Å². The van der Waals surface area contributed by atoms with Crippen LogP contribution in [0.3, 0.4) is 0 Å². The molecule has 0 fully saturated rings. The summed E-state index contributed by atoms with van der Waals surface area (Å²) in [6, 6.07) is 34.9. The minimum absolute atomic E-state index is 0.0319. The number of benzene rings is 5. The first-order chi connectivity index (χ1) is 28.9. The molecule has 306 valence electrons. The van der Waals surface area contributed by atoms with Gasteiger partial charge in [-0.25, -0.2) is 19.0 Å². The fourth-order valence-electron chi connectivity index (χ4n) is 7.09. The van der Waals surface area contributed by atoms with Gasteiger partial charge in [0.2, 0.25) is 0 Å². The van der Waals surface area contributed by atoms with Crippen LogP contribution in [0.2, 0.25) is 0 Å². The van der Waals surface area contributed by atoms with E-state index in [1.807, 2.05) is 135 Å². The molecule has 7 rings (SSSR count). The molecule has 7 aromatic rings. The SMILES string of the molecule is CC(C)c1cc(-c2nn(C(=O)C(N)Cc3ccccc3)c(=O)n2-c2ccc3c(ccn3C)c2)c(OC(=O)C(N)Cc2ccccc2)cc1OC(=O)C(N)Cc1ccccc1. The molecular formula is C47H47N7O6. The first-order valence-corrected chi connectivity index (χ1v) is 19.7. The van der Waals surface area contributed by atoms with Crippen molar-refractivity contribution in [1.82, 2.24) is 18.9 Å². The minimum Gasteiger partial charge on any atom is -0.425 e. The molecule has 5 aromatic carbocycles. The Labute approximate surface area is 346 Å². The zero-order valence-electron chi connectivity index (χ0n) is 33.6. The van der Waals surface area contributed by atoms with Gasteiger partial charge < -0.3 is 31.2 Å². The summed E-state index contributed by atoms with van der Waals surface area (Å²) in [5, 5.41) is 5.46. The van der Waals surface area contributed by atoms with E-state index >= 15 is 0 Å². The number of esters is 2. The Morgan fingerprint density at radius 1 is 0.650 bits per heavy atom. The van der Waals surface area contributed by atoms with E-state index in [0.29, 0.717) is 11.3 Å². The lowest BCUT2D eigenvalue weighted by molar-refractivity contribution is -0.136. The van der Waals surface area contributed by atoms with Gasteiger partial charge in [0.1, 0.15) is 23.6 Å². The maximum Gasteiger partial charge on any atom is 0.358 e. The van der Waals surface area contributed by atoms with E-state index in [9.17, 15) is 19.2 Å². The smallest absolute Gasteiger partial charge is 0.358 e. The highest BCUT2D eigenvalue weighted by molar-refractivity contribution is 5.87. The third-order valence-corrected chi connectivity index (χ3v) is 10.3. The topological polar surface area (TPSA) is 192 Å². The average molecular weight is 806 g/mol. The summed E-state index contributed by atoms with van der Waals surface area (Å²) in [5.74, 6) is -2.58. The molecule has 2 aromatic heterocycles. The van der Waals surface area contributed by atoms with Crippen molar-refractivity contribution in [3.63, 3.8) is 0 Å². The zero-order chi connectivity index (χ0) is 42.5. The number of hydrogen-bond acceptors (Lipinski definition) is 10. The second-order valence-corrected chi connectivity index (χ2v) is 15.1. The lowest BCUT2D eigenvalue weighted by Gasteiger charge is -2.20. The Bertz CT molecular complexity index is 2710. The van der Waals surface area contributed by atoms with Crippen molar-refractivity contribution in [3.8, 4) is 28.6 Å². The molecule has 0 bridgehead atoms. The summed E-state index contributed by atoms with van der Waals surface area (Å²) in [6.07, 6.45) is 2.43. The number of aromatic nitrogens is 4. The highest BCUT2D eigenvalue weighted by Gasteiger charge is 2.30. The fourth-order valence-corrected chi connectivity index (χ4v) is 7.09. The Morgan fingerprint density at radius 2 is 1.17 bits per heavy atom. The highest BCUT2D eigenvalue weighted by Crippen LogP contribution is 2.40. The van der Waals surface area contributed by atoms with Crippen molar-refractivity contribution in [2.45, 2.75) is 57.2 Å². The Morgan fingerprint density at radius 3 is 1.70 bits per heavy atom. The number of aryl methyl sites for hydroxylation is 1. The van der Waals surface area contributed by atoms with Crippen LogP contribution in [0.5, 0.6) is 11.5 Å². The molecule has 3 atom stereocenters. The number of hydrogen-bond donors (Lipinski definition) is 3. The van der Waals surface area contributed by atoms with Gasteiger partial charge in [0.05, 0.1) is 17.3 Å². The molecule has 0 saturated carbocycles. The van der Waals surface area contributed by atoms with Crippen molar-refractivity contribution >= 4 is 28.7 Å². The average Bonchev–Trinajstić information content (AvgIpc) is 3.79. The van der Waals surface area contributed by atoms with Gasteiger partial charge in [-0.05, 0) is 77.8 Å². The molecule has 0 spiro atoms. The van der Waals surface area contributed by atoms with E-state index in [1.165, 1.54) is 10.6 Å². The standard InChI is InChI=1S/C47H47N7O6/c1-29(2)35-27-36(42(60-46(57)39(50)25-32-17-11-6-12-18-32)28-41(35)59-45(56)38(49)24-31-15-9-5-10-16-31)43-51-54(44(55)37(48)23-30-13-7-4-8-14-30)47(58)53(43)34-19-20-40-33(26-34)21-22-52(40)3/h4-22,26-29,37-39H,23-25,48-50H2,1-3H3. The van der Waals surface area contributed by atoms with Gasteiger partial charge in [0.25, 0.3) is 5.91 Å². The maximum absolute atomic E-state index is 14.6. The number of carbonyl (C=O) groups excluding carboxylic acids is 3. The maximum atomic E-state index is 14.6. The summed E-state index contributed by atoms with van der Waals surface area (Å²) in [5.41, 5.74) is 22.9. The summed E-state index contributed by atoms with van der Waals surface area (Å²) >= 11 is 0. The van der Waals surface area contributed by atoms with Crippen LogP contribution < -0.4 is 32.4 Å². The number of nitrogens with zero attached hydrogens (tertiary/aromatic N) is 4. The molecule has 13 heteroatoms. The monoisotopic (exact) mass is 805 g/mol. The predicted molar refractivity (Wildman–Crippen MR) is 230 cm³/mol. The van der Waals surface area contributed by atoms with Gasteiger partial charge in [-0.2, -0.15) is 0 Å². The molecule has 13 nitrogen and oxygen atoms in total. The van der Waals surface area contributed by atoms with Gasteiger partial charge in [-0.3, -0.25) is 4.79 Å². The quantitative estimate of drug-likeness (QED) is 0.0937. The van der Waals surface area contributed by atoms with Crippen LogP contribution in [0, 0.1) is 0 Å². The Hall–Kier alpha value is -6.93. The number of carbonyl (C=O) groups is 3. The fraction of sp³-hybridized carbons (Fsp3) is 0.213. The summed E-state index contributed by atoms with van der Waals surface area (Å²) < 4.78 is 16.0. The molecular weight excluding hydrogens is 759 g/mol. The van der Waals surface area contributed by atoms with Crippen LogP contribution in [-0.2, 0) is 35.9 Å². The van der Waals surface area contributed by atoms with Crippen LogP contribution in [-0.4, -0.2) is 54.9 Å². The highest BCUT2D eigenvalue weighted by atomic mass is 16.5. The molecule has 3 unspecified atom stereocenters. The third kappa shape index (κ3) is 9.03. The van der Waals surface area contributed by atoms with E-state index in [4.69, 9.17) is 26.7 Å². The summed E-state index contributed by atoms with van der Waals surface area (Å²) in [6.45, 7) is 3.78. The van der Waals surface area contributed by atoms with E-state index in [1.54, 1.807) is 18.2 Å². The molecule has 0 aliphatic rings. The van der Waals surface area contributed by atoms with Crippen molar-refractivity contribution < 1.29 is 23.9 Å². The number of fused-ring (bicyclic) bond motifs is 1. The second kappa shape index (κ2) is 17.9. The zero-order valence-corrected chi connectivity index (χ0v) is 33.6. The summed E-state index contributed by atoms with van der Waals surface area (Å²) in [7, 11) is 1.91. The van der Waals surface area contributed by atoms with Gasteiger partial charge in [0.15, 0.2) is 5.82 Å². The minimum atomic E-state index is -1.13. The largest absolute Gasteiger partial charge is 0.425 e. The molecule has 0 saturated heterocycles. The molecule has 60 heavy (non-hydrogen) atoms. The van der Waals surface area contributed by atoms with Gasteiger partial charge in [-0.15, -0.1) is 9.78 Å². The number of rotatable bonds is 14. The van der Waals surface area contributed by atoms with Crippen molar-refractivity contribution in [2.75, 3.05) is 0 Å². The Balaban J connectivity index is 1.37. The molecule has 0 amide bonds. The van der Waals surface area contributed by atoms with E-state index < -0.39 is 41.7 Å². The van der Waals surface area contributed by atoms with Crippen LogP contribution in [0.1, 0.15) is 46.8 Å². The van der Waals surface area contributed by atoms with Gasteiger partial charge in [-0.1, -0.05) is 105 Å². The number of nitrogens with two attached hydrogens (primary N) is 3. The van der Waals surface area contributed by atoms with Crippen molar-refractivity contribution in [3.05, 3.63) is 166 Å². The molecule has 2 heterocycles. The molecule has 0 aliphatic carbocycles. The first-order valence-electron chi connectivity index (χ1n) is 19.7. The predicted octanol–water partition coefficient (Wildman–Crippen LogP) is 5.48. The normalized spacial score (nSPS) is 12.9. The van der Waals surface area contributed by atoms with E-state index in [2.05, 4.69) is 5.10 Å². The van der Waals surface area contributed by atoms with E-state index in [-0.39, 0.29) is 48.1 Å². The first kappa shape index (κ1) is 41.2. The van der Waals surface area contributed by atoms with Gasteiger partial charge in [0, 0.05) is 30.2 Å².